The van der Waals surface area contributed by atoms with Crippen LogP contribution in [-0.4, -0.2) is 17.2 Å². The zero-order chi connectivity index (χ0) is 11.6. The highest BCUT2D eigenvalue weighted by Crippen LogP contribution is 2.33. The molecular weight excluding hydrogens is 328 g/mol. The molecule has 0 atom stereocenters. The highest BCUT2D eigenvalue weighted by atomic mass is 79.9. The van der Waals surface area contributed by atoms with Gasteiger partial charge in [0.25, 0.3) is 0 Å². The molecule has 0 saturated carbocycles. The average Bonchev–Trinajstić information content (AvgIpc) is 2.08. The number of rotatable bonds is 3. The van der Waals surface area contributed by atoms with E-state index in [0.29, 0.717) is 14.7 Å². The fourth-order valence-corrected chi connectivity index (χ4v) is 2.39. The molecule has 0 aromatic heterocycles. The minimum atomic E-state index is -1.01. The van der Waals surface area contributed by atoms with Crippen LogP contribution in [0.5, 0.6) is 5.75 Å². The molecule has 5 heteroatoms. The Labute approximate surface area is 105 Å². The van der Waals surface area contributed by atoms with Gasteiger partial charge in [0.15, 0.2) is 0 Å². The number of carboxylic acids is 1. The summed E-state index contributed by atoms with van der Waals surface area (Å²) < 4.78 is 6.77. The van der Waals surface area contributed by atoms with Crippen LogP contribution in [0.25, 0.3) is 0 Å². The van der Waals surface area contributed by atoms with E-state index in [9.17, 15) is 4.79 Å². The molecule has 0 amide bonds. The van der Waals surface area contributed by atoms with Crippen LogP contribution in [-0.2, 0) is 0 Å². The summed E-state index contributed by atoms with van der Waals surface area (Å²) in [5.41, 5.74) is 0.143. The van der Waals surface area contributed by atoms with Crippen LogP contribution in [0.3, 0.4) is 0 Å². The number of hydrogen-bond donors (Lipinski definition) is 1. The lowest BCUT2D eigenvalue weighted by Crippen LogP contribution is -2.10. The minimum absolute atomic E-state index is 0.0689. The molecule has 1 N–H and O–H groups in total. The van der Waals surface area contributed by atoms with E-state index >= 15 is 0 Å². The zero-order valence-electron chi connectivity index (χ0n) is 8.25. The topological polar surface area (TPSA) is 46.5 Å². The second-order valence-electron chi connectivity index (χ2n) is 3.24. The van der Waals surface area contributed by atoms with Crippen LogP contribution in [0.1, 0.15) is 24.2 Å². The quantitative estimate of drug-likeness (QED) is 0.914. The molecular formula is C10H10Br2O3. The molecule has 0 fully saturated rings. The maximum atomic E-state index is 11.0. The first-order chi connectivity index (χ1) is 6.91. The van der Waals surface area contributed by atoms with Gasteiger partial charge >= 0.3 is 5.97 Å². The highest BCUT2D eigenvalue weighted by Gasteiger charge is 2.16. The first kappa shape index (κ1) is 12.5. The molecule has 0 spiro atoms. The molecule has 0 aliphatic rings. The summed E-state index contributed by atoms with van der Waals surface area (Å²) in [4.78, 5) is 11.0. The van der Waals surface area contributed by atoms with E-state index in [2.05, 4.69) is 31.9 Å². The molecule has 0 saturated heterocycles. The molecule has 1 aromatic rings. The van der Waals surface area contributed by atoms with Crippen molar-refractivity contribution in [1.29, 1.82) is 0 Å². The van der Waals surface area contributed by atoms with Crippen LogP contribution >= 0.6 is 31.9 Å². The van der Waals surface area contributed by atoms with E-state index in [1.54, 1.807) is 6.07 Å². The van der Waals surface area contributed by atoms with Crippen LogP contribution in [0.4, 0.5) is 0 Å². The standard InChI is InChI=1S/C10H10Br2O3/c1-5(2)15-9-7(10(13)14)3-6(11)4-8(9)12/h3-5H,1-2H3,(H,13,14). The molecule has 15 heavy (non-hydrogen) atoms. The summed E-state index contributed by atoms with van der Waals surface area (Å²) in [5, 5.41) is 9.01. The maximum Gasteiger partial charge on any atom is 0.339 e. The molecule has 0 radical (unpaired) electrons. The summed E-state index contributed by atoms with van der Waals surface area (Å²) >= 11 is 6.51. The van der Waals surface area contributed by atoms with Gasteiger partial charge in [0, 0.05) is 4.47 Å². The molecule has 0 aliphatic carbocycles. The van der Waals surface area contributed by atoms with E-state index < -0.39 is 5.97 Å². The van der Waals surface area contributed by atoms with Gasteiger partial charge in [-0.05, 0) is 41.9 Å². The summed E-state index contributed by atoms with van der Waals surface area (Å²) in [5.74, 6) is -0.645. The van der Waals surface area contributed by atoms with E-state index in [-0.39, 0.29) is 11.7 Å². The van der Waals surface area contributed by atoms with E-state index in [1.165, 1.54) is 6.07 Å². The second kappa shape index (κ2) is 4.99. The Morgan fingerprint density at radius 3 is 2.47 bits per heavy atom. The summed E-state index contributed by atoms with van der Waals surface area (Å²) in [7, 11) is 0. The molecule has 0 unspecified atom stereocenters. The van der Waals surface area contributed by atoms with Crippen molar-refractivity contribution in [2.24, 2.45) is 0 Å². The first-order valence-electron chi connectivity index (χ1n) is 4.30. The van der Waals surface area contributed by atoms with Gasteiger partial charge in [0.05, 0.1) is 10.6 Å². The monoisotopic (exact) mass is 336 g/mol. The van der Waals surface area contributed by atoms with Crippen molar-refractivity contribution >= 4 is 37.8 Å². The largest absolute Gasteiger partial charge is 0.489 e. The van der Waals surface area contributed by atoms with Crippen LogP contribution in [0.2, 0.25) is 0 Å². The Hall–Kier alpha value is -0.550. The number of halogens is 2. The van der Waals surface area contributed by atoms with Crippen molar-refractivity contribution in [1.82, 2.24) is 0 Å². The van der Waals surface area contributed by atoms with Crippen LogP contribution < -0.4 is 4.74 Å². The normalized spacial score (nSPS) is 10.5. The lowest BCUT2D eigenvalue weighted by molar-refractivity contribution is 0.0690. The lowest BCUT2D eigenvalue weighted by Gasteiger charge is -2.14. The number of aromatic carboxylic acids is 1. The van der Waals surface area contributed by atoms with Gasteiger partial charge < -0.3 is 9.84 Å². The number of carbonyl (C=O) groups is 1. The predicted molar refractivity (Wildman–Crippen MR) is 64.6 cm³/mol. The highest BCUT2D eigenvalue weighted by molar-refractivity contribution is 9.11. The average molecular weight is 338 g/mol. The minimum Gasteiger partial charge on any atom is -0.489 e. The van der Waals surface area contributed by atoms with E-state index in [4.69, 9.17) is 9.84 Å². The van der Waals surface area contributed by atoms with Crippen molar-refractivity contribution in [3.05, 3.63) is 26.6 Å². The van der Waals surface area contributed by atoms with Gasteiger partial charge in [-0.25, -0.2) is 4.79 Å². The fraction of sp³-hybridized carbons (Fsp3) is 0.300. The van der Waals surface area contributed by atoms with Gasteiger partial charge in [0.1, 0.15) is 11.3 Å². The first-order valence-corrected chi connectivity index (χ1v) is 5.89. The summed E-state index contributed by atoms with van der Waals surface area (Å²) in [6, 6.07) is 3.27. The van der Waals surface area contributed by atoms with Crippen LogP contribution in [0, 0.1) is 0 Å². The van der Waals surface area contributed by atoms with Gasteiger partial charge in [0.2, 0.25) is 0 Å². The molecule has 3 nitrogen and oxygen atoms in total. The van der Waals surface area contributed by atoms with Gasteiger partial charge in [-0.2, -0.15) is 0 Å². The number of ether oxygens (including phenoxy) is 1. The SMILES string of the molecule is CC(C)Oc1c(Br)cc(Br)cc1C(=O)O. The third-order valence-corrected chi connectivity index (χ3v) is 2.64. The Bertz CT molecular complexity index is 388. The summed E-state index contributed by atoms with van der Waals surface area (Å²) in [6.07, 6.45) is -0.0689. The van der Waals surface area contributed by atoms with Gasteiger partial charge in [-0.1, -0.05) is 15.9 Å². The lowest BCUT2D eigenvalue weighted by atomic mass is 10.2. The van der Waals surface area contributed by atoms with E-state index in [1.807, 2.05) is 13.8 Å². The third-order valence-electron chi connectivity index (χ3n) is 1.59. The van der Waals surface area contributed by atoms with Crippen molar-refractivity contribution in [2.75, 3.05) is 0 Å². The maximum absolute atomic E-state index is 11.0. The van der Waals surface area contributed by atoms with Crippen molar-refractivity contribution < 1.29 is 14.6 Å². The van der Waals surface area contributed by atoms with Crippen molar-refractivity contribution in [3.63, 3.8) is 0 Å². The number of hydrogen-bond acceptors (Lipinski definition) is 2. The van der Waals surface area contributed by atoms with Gasteiger partial charge in [-0.3, -0.25) is 0 Å². The second-order valence-corrected chi connectivity index (χ2v) is 5.01. The number of carboxylic acid groups (broad SMARTS) is 1. The molecule has 1 rings (SSSR count). The fourth-order valence-electron chi connectivity index (χ4n) is 1.07. The molecule has 0 aliphatic heterocycles. The molecule has 0 heterocycles. The zero-order valence-corrected chi connectivity index (χ0v) is 11.4. The molecule has 1 aromatic carbocycles. The Balaban J connectivity index is 3.27. The molecule has 0 bridgehead atoms. The Kier molecular flexibility index (Phi) is 4.16. The number of benzene rings is 1. The third kappa shape index (κ3) is 3.21. The van der Waals surface area contributed by atoms with Crippen molar-refractivity contribution in [3.8, 4) is 5.75 Å². The smallest absolute Gasteiger partial charge is 0.339 e. The predicted octanol–water partition coefficient (Wildman–Crippen LogP) is 3.70. The Morgan fingerprint density at radius 1 is 1.40 bits per heavy atom. The molecule has 82 valence electrons. The van der Waals surface area contributed by atoms with Crippen LogP contribution in [0.15, 0.2) is 21.1 Å². The van der Waals surface area contributed by atoms with Crippen molar-refractivity contribution in [2.45, 2.75) is 20.0 Å². The van der Waals surface area contributed by atoms with E-state index in [0.717, 1.165) is 0 Å². The summed E-state index contributed by atoms with van der Waals surface area (Å²) in [6.45, 7) is 3.69. The Morgan fingerprint density at radius 2 is 2.00 bits per heavy atom. The van der Waals surface area contributed by atoms with Gasteiger partial charge in [-0.15, -0.1) is 0 Å².